The van der Waals surface area contributed by atoms with Crippen molar-refractivity contribution >= 4 is 23.2 Å². The molecule has 23 heavy (non-hydrogen) atoms. The number of nitrogens with one attached hydrogen (secondary N) is 1. The Kier molecular flexibility index (Phi) is 7.65. The summed E-state index contributed by atoms with van der Waals surface area (Å²) in [6.07, 6.45) is 2.29. The summed E-state index contributed by atoms with van der Waals surface area (Å²) in [6, 6.07) is 8.03. The molecule has 0 atom stereocenters. The lowest BCUT2D eigenvalue weighted by atomic mass is 10.2. The SMILES string of the molecule is NCCCC(=O)NCCCN1CCN(c2cccc(Cl)c2)CC1. The van der Waals surface area contributed by atoms with Crippen molar-refractivity contribution in [1.82, 2.24) is 10.2 Å². The number of hydrogen-bond donors (Lipinski definition) is 2. The Morgan fingerprint density at radius 3 is 2.70 bits per heavy atom. The molecule has 6 heteroatoms. The van der Waals surface area contributed by atoms with Crippen LogP contribution in [0.25, 0.3) is 0 Å². The Hall–Kier alpha value is -1.30. The normalized spacial score (nSPS) is 15.7. The van der Waals surface area contributed by atoms with Crippen LogP contribution in [0, 0.1) is 0 Å². The number of anilines is 1. The highest BCUT2D eigenvalue weighted by atomic mass is 35.5. The molecule has 5 nitrogen and oxygen atoms in total. The average Bonchev–Trinajstić information content (AvgIpc) is 2.57. The van der Waals surface area contributed by atoms with Gasteiger partial charge in [-0.15, -0.1) is 0 Å². The molecule has 1 amide bonds. The first-order chi connectivity index (χ1) is 11.2. The fourth-order valence-electron chi connectivity index (χ4n) is 2.78. The number of rotatable bonds is 8. The molecule has 0 saturated carbocycles. The van der Waals surface area contributed by atoms with Crippen molar-refractivity contribution in [1.29, 1.82) is 0 Å². The van der Waals surface area contributed by atoms with Crippen LogP contribution in [0.5, 0.6) is 0 Å². The van der Waals surface area contributed by atoms with Gasteiger partial charge in [0.1, 0.15) is 0 Å². The topological polar surface area (TPSA) is 61.6 Å². The van der Waals surface area contributed by atoms with E-state index >= 15 is 0 Å². The fraction of sp³-hybridized carbons (Fsp3) is 0.588. The lowest BCUT2D eigenvalue weighted by molar-refractivity contribution is -0.121. The Morgan fingerprint density at radius 1 is 1.22 bits per heavy atom. The number of benzene rings is 1. The minimum atomic E-state index is 0.112. The van der Waals surface area contributed by atoms with Crippen LogP contribution in [-0.4, -0.2) is 56.6 Å². The van der Waals surface area contributed by atoms with Gasteiger partial charge in [0.25, 0.3) is 0 Å². The molecule has 1 fully saturated rings. The molecule has 1 aliphatic rings. The van der Waals surface area contributed by atoms with Crippen molar-refractivity contribution in [2.24, 2.45) is 5.73 Å². The predicted octanol–water partition coefficient (Wildman–Crippen LogP) is 1.71. The minimum absolute atomic E-state index is 0.112. The highest BCUT2D eigenvalue weighted by molar-refractivity contribution is 6.30. The first-order valence-corrected chi connectivity index (χ1v) is 8.76. The van der Waals surface area contributed by atoms with Crippen LogP contribution in [0.4, 0.5) is 5.69 Å². The number of carbonyl (C=O) groups excluding carboxylic acids is 1. The average molecular weight is 339 g/mol. The van der Waals surface area contributed by atoms with E-state index in [2.05, 4.69) is 21.2 Å². The third-order valence-corrected chi connectivity index (χ3v) is 4.36. The van der Waals surface area contributed by atoms with Gasteiger partial charge in [-0.05, 0) is 44.1 Å². The van der Waals surface area contributed by atoms with E-state index in [4.69, 9.17) is 17.3 Å². The Labute approximate surface area is 143 Å². The summed E-state index contributed by atoms with van der Waals surface area (Å²) in [7, 11) is 0. The number of hydrogen-bond acceptors (Lipinski definition) is 4. The lowest BCUT2D eigenvalue weighted by Crippen LogP contribution is -2.47. The quantitative estimate of drug-likeness (QED) is 0.708. The molecule has 0 spiro atoms. The molecule has 0 aliphatic carbocycles. The van der Waals surface area contributed by atoms with Crippen LogP contribution in [-0.2, 0) is 4.79 Å². The zero-order chi connectivity index (χ0) is 16.5. The Bertz CT molecular complexity index is 489. The molecule has 0 radical (unpaired) electrons. The summed E-state index contributed by atoms with van der Waals surface area (Å²) in [5.41, 5.74) is 6.59. The van der Waals surface area contributed by atoms with Crippen molar-refractivity contribution in [3.8, 4) is 0 Å². The van der Waals surface area contributed by atoms with Gasteiger partial charge >= 0.3 is 0 Å². The Morgan fingerprint density at radius 2 is 2.00 bits per heavy atom. The standard InChI is InChI=1S/C17H27ClN4O/c18-15-4-1-5-16(14-15)22-12-10-21(11-13-22)9-3-8-20-17(23)6-2-7-19/h1,4-5,14H,2-3,6-13,19H2,(H,20,23). The minimum Gasteiger partial charge on any atom is -0.369 e. The molecule has 1 aliphatic heterocycles. The van der Waals surface area contributed by atoms with Gasteiger partial charge in [0.2, 0.25) is 5.91 Å². The van der Waals surface area contributed by atoms with Gasteiger partial charge in [-0.1, -0.05) is 17.7 Å². The van der Waals surface area contributed by atoms with Crippen LogP contribution in [0.15, 0.2) is 24.3 Å². The van der Waals surface area contributed by atoms with Crippen LogP contribution in [0.3, 0.4) is 0 Å². The number of nitrogens with zero attached hydrogens (tertiary/aromatic N) is 2. The number of halogens is 1. The molecule has 3 N–H and O–H groups in total. The summed E-state index contributed by atoms with van der Waals surface area (Å²) in [6.45, 7) is 6.48. The summed E-state index contributed by atoms with van der Waals surface area (Å²) in [5, 5.41) is 3.74. The summed E-state index contributed by atoms with van der Waals surface area (Å²) >= 11 is 6.06. The smallest absolute Gasteiger partial charge is 0.220 e. The van der Waals surface area contributed by atoms with E-state index in [1.54, 1.807) is 0 Å². The first kappa shape index (κ1) is 18.0. The molecular weight excluding hydrogens is 312 g/mol. The highest BCUT2D eigenvalue weighted by Crippen LogP contribution is 2.20. The van der Waals surface area contributed by atoms with E-state index in [-0.39, 0.29) is 5.91 Å². The predicted molar refractivity (Wildman–Crippen MR) is 96.0 cm³/mol. The zero-order valence-electron chi connectivity index (χ0n) is 13.6. The third-order valence-electron chi connectivity index (χ3n) is 4.13. The van der Waals surface area contributed by atoms with E-state index in [0.29, 0.717) is 13.0 Å². The fourth-order valence-corrected chi connectivity index (χ4v) is 2.97. The maximum absolute atomic E-state index is 11.5. The molecule has 1 saturated heterocycles. The molecular formula is C17H27ClN4O. The van der Waals surface area contributed by atoms with Crippen molar-refractivity contribution in [2.75, 3.05) is 50.7 Å². The van der Waals surface area contributed by atoms with Crippen LogP contribution < -0.4 is 16.0 Å². The second-order valence-corrected chi connectivity index (χ2v) is 6.34. The molecule has 128 valence electrons. The van der Waals surface area contributed by atoms with Crippen molar-refractivity contribution in [2.45, 2.75) is 19.3 Å². The van der Waals surface area contributed by atoms with Crippen molar-refractivity contribution in [3.05, 3.63) is 29.3 Å². The maximum Gasteiger partial charge on any atom is 0.220 e. The zero-order valence-corrected chi connectivity index (χ0v) is 14.4. The second kappa shape index (κ2) is 9.75. The highest BCUT2D eigenvalue weighted by Gasteiger charge is 2.16. The number of carbonyl (C=O) groups is 1. The monoisotopic (exact) mass is 338 g/mol. The number of amides is 1. The molecule has 0 bridgehead atoms. The Balaban J connectivity index is 1.61. The molecule has 0 unspecified atom stereocenters. The third kappa shape index (κ3) is 6.37. The van der Waals surface area contributed by atoms with Crippen molar-refractivity contribution in [3.63, 3.8) is 0 Å². The summed E-state index contributed by atoms with van der Waals surface area (Å²) in [5.74, 6) is 0.112. The van der Waals surface area contributed by atoms with Gasteiger partial charge in [0.15, 0.2) is 0 Å². The van der Waals surface area contributed by atoms with Crippen LogP contribution in [0.2, 0.25) is 5.02 Å². The largest absolute Gasteiger partial charge is 0.369 e. The molecule has 1 heterocycles. The van der Waals surface area contributed by atoms with Gasteiger partial charge in [-0.3, -0.25) is 9.69 Å². The second-order valence-electron chi connectivity index (χ2n) is 5.90. The number of piperazine rings is 1. The van der Waals surface area contributed by atoms with Gasteiger partial charge in [-0.2, -0.15) is 0 Å². The first-order valence-electron chi connectivity index (χ1n) is 8.38. The molecule has 1 aromatic rings. The lowest BCUT2D eigenvalue weighted by Gasteiger charge is -2.36. The molecule has 2 rings (SSSR count). The van der Waals surface area contributed by atoms with E-state index in [0.717, 1.165) is 57.1 Å². The van der Waals surface area contributed by atoms with Crippen LogP contribution in [0.1, 0.15) is 19.3 Å². The van der Waals surface area contributed by atoms with Crippen molar-refractivity contribution < 1.29 is 4.79 Å². The molecule has 1 aromatic carbocycles. The van der Waals surface area contributed by atoms with Gasteiger partial charge in [0.05, 0.1) is 0 Å². The molecule has 0 aromatic heterocycles. The summed E-state index contributed by atoms with van der Waals surface area (Å²) < 4.78 is 0. The van der Waals surface area contributed by atoms with Gasteiger partial charge in [0, 0.05) is 49.9 Å². The number of nitrogens with two attached hydrogens (primary N) is 1. The van der Waals surface area contributed by atoms with E-state index in [1.807, 2.05) is 18.2 Å². The van der Waals surface area contributed by atoms with E-state index in [1.165, 1.54) is 5.69 Å². The van der Waals surface area contributed by atoms with Gasteiger partial charge < -0.3 is 16.0 Å². The summed E-state index contributed by atoms with van der Waals surface area (Å²) in [4.78, 5) is 16.3. The van der Waals surface area contributed by atoms with Gasteiger partial charge in [-0.25, -0.2) is 0 Å². The van der Waals surface area contributed by atoms with E-state index in [9.17, 15) is 4.79 Å². The van der Waals surface area contributed by atoms with E-state index < -0.39 is 0 Å². The van der Waals surface area contributed by atoms with Crippen LogP contribution >= 0.6 is 11.6 Å². The maximum atomic E-state index is 11.5.